The second-order valence-electron chi connectivity index (χ2n) is 5.95. The van der Waals surface area contributed by atoms with Crippen molar-refractivity contribution in [1.29, 1.82) is 0 Å². The van der Waals surface area contributed by atoms with Crippen molar-refractivity contribution in [3.8, 4) is 0 Å². The van der Waals surface area contributed by atoms with Crippen LogP contribution in [0.15, 0.2) is 12.1 Å². The smallest absolute Gasteiger partial charge is 0.416 e. The van der Waals surface area contributed by atoms with Gasteiger partial charge in [-0.1, -0.05) is 0 Å². The molecule has 1 atom stereocenters. The highest BCUT2D eigenvalue weighted by molar-refractivity contribution is 5.77. The van der Waals surface area contributed by atoms with E-state index in [4.69, 9.17) is 0 Å². The zero-order valence-corrected chi connectivity index (χ0v) is 12.5. The molecule has 6 nitrogen and oxygen atoms in total. The summed E-state index contributed by atoms with van der Waals surface area (Å²) in [6.07, 6.45) is -4.42. The van der Waals surface area contributed by atoms with Gasteiger partial charge in [-0.3, -0.25) is 14.9 Å². The summed E-state index contributed by atoms with van der Waals surface area (Å²) in [5, 5.41) is 20.4. The molecule has 0 bridgehead atoms. The molecule has 9 heteroatoms. The minimum Gasteiger partial charge on any atom is -0.481 e. The van der Waals surface area contributed by atoms with Crippen LogP contribution in [0.3, 0.4) is 0 Å². The Kier molecular flexibility index (Phi) is 4.00. The van der Waals surface area contributed by atoms with E-state index < -0.39 is 33.7 Å². The molecule has 1 aromatic carbocycles. The largest absolute Gasteiger partial charge is 0.481 e. The molecule has 0 aliphatic carbocycles. The fourth-order valence-corrected chi connectivity index (χ4v) is 2.73. The summed E-state index contributed by atoms with van der Waals surface area (Å²) >= 11 is 0. The minimum absolute atomic E-state index is 0.00791. The maximum absolute atomic E-state index is 12.9. The van der Waals surface area contributed by atoms with Gasteiger partial charge in [-0.15, -0.1) is 0 Å². The zero-order valence-electron chi connectivity index (χ0n) is 12.5. The van der Waals surface area contributed by atoms with Crippen LogP contribution in [0.2, 0.25) is 0 Å². The van der Waals surface area contributed by atoms with Gasteiger partial charge in [-0.05, 0) is 31.9 Å². The van der Waals surface area contributed by atoms with Crippen molar-refractivity contribution in [2.24, 2.45) is 5.41 Å². The monoisotopic (exact) mass is 332 g/mol. The van der Waals surface area contributed by atoms with Crippen LogP contribution in [-0.4, -0.2) is 29.1 Å². The summed E-state index contributed by atoms with van der Waals surface area (Å²) in [5.41, 5.74) is -2.93. The van der Waals surface area contributed by atoms with Crippen LogP contribution in [0, 0.1) is 22.5 Å². The number of halogens is 3. The van der Waals surface area contributed by atoms with Gasteiger partial charge in [0.1, 0.15) is 5.69 Å². The number of rotatable bonds is 3. The standard InChI is InChI=1S/C14H15F3N2O4/c1-8-5-10(18-4-3-13(2,7-18)12(20)21)11(19(22)23)6-9(8)14(15,16)17/h5-6H,3-4,7H2,1-2H3,(H,20,21). The molecule has 1 saturated heterocycles. The average Bonchev–Trinajstić information content (AvgIpc) is 2.80. The number of nitro groups is 1. The van der Waals surface area contributed by atoms with Crippen LogP contribution in [0.4, 0.5) is 24.5 Å². The Hall–Kier alpha value is -2.32. The molecule has 1 aromatic rings. The van der Waals surface area contributed by atoms with Crippen LogP contribution >= 0.6 is 0 Å². The summed E-state index contributed by atoms with van der Waals surface area (Å²) in [7, 11) is 0. The summed E-state index contributed by atoms with van der Waals surface area (Å²) in [6.45, 7) is 2.98. The molecule has 1 heterocycles. The maximum Gasteiger partial charge on any atom is 0.416 e. The summed E-state index contributed by atoms with van der Waals surface area (Å²) in [6, 6.07) is 1.62. The van der Waals surface area contributed by atoms with Crippen molar-refractivity contribution in [3.63, 3.8) is 0 Å². The second kappa shape index (κ2) is 5.39. The predicted molar refractivity (Wildman–Crippen MR) is 75.4 cm³/mol. The molecule has 0 saturated carbocycles. The van der Waals surface area contributed by atoms with Gasteiger partial charge >= 0.3 is 12.1 Å². The van der Waals surface area contributed by atoms with Gasteiger partial charge in [0.05, 0.1) is 15.9 Å². The van der Waals surface area contributed by atoms with Crippen molar-refractivity contribution in [2.45, 2.75) is 26.4 Å². The van der Waals surface area contributed by atoms with Crippen LogP contribution in [0.1, 0.15) is 24.5 Å². The fourth-order valence-electron chi connectivity index (χ4n) is 2.73. The molecule has 1 N–H and O–H groups in total. The Morgan fingerprint density at radius 1 is 1.43 bits per heavy atom. The van der Waals surface area contributed by atoms with Crippen molar-refractivity contribution in [2.75, 3.05) is 18.0 Å². The Morgan fingerprint density at radius 2 is 2.04 bits per heavy atom. The van der Waals surface area contributed by atoms with Crippen molar-refractivity contribution < 1.29 is 28.0 Å². The number of aliphatic carboxylic acids is 1. The van der Waals surface area contributed by atoms with E-state index in [9.17, 15) is 33.2 Å². The molecule has 0 radical (unpaired) electrons. The van der Waals surface area contributed by atoms with Crippen molar-refractivity contribution in [1.82, 2.24) is 0 Å². The lowest BCUT2D eigenvalue weighted by molar-refractivity contribution is -0.384. The summed E-state index contributed by atoms with van der Waals surface area (Å²) < 4.78 is 38.7. The third-order valence-electron chi connectivity index (χ3n) is 4.15. The number of nitro benzene ring substituents is 1. The molecule has 126 valence electrons. The third-order valence-corrected chi connectivity index (χ3v) is 4.15. The Balaban J connectivity index is 2.50. The van der Waals surface area contributed by atoms with Gasteiger partial charge in [0.25, 0.3) is 5.69 Å². The van der Waals surface area contributed by atoms with Crippen LogP contribution in [-0.2, 0) is 11.0 Å². The fraction of sp³-hybridized carbons (Fsp3) is 0.500. The van der Waals surface area contributed by atoms with Crippen LogP contribution in [0.25, 0.3) is 0 Å². The highest BCUT2D eigenvalue weighted by Gasteiger charge is 2.43. The Bertz CT molecular complexity index is 675. The normalized spacial score (nSPS) is 21.5. The number of hydrogen-bond acceptors (Lipinski definition) is 4. The molecule has 1 fully saturated rings. The quantitative estimate of drug-likeness (QED) is 0.679. The number of hydrogen-bond donors (Lipinski definition) is 1. The van der Waals surface area contributed by atoms with E-state index >= 15 is 0 Å². The summed E-state index contributed by atoms with van der Waals surface area (Å²) in [4.78, 5) is 23.0. The van der Waals surface area contributed by atoms with E-state index in [0.29, 0.717) is 6.07 Å². The van der Waals surface area contributed by atoms with E-state index in [2.05, 4.69) is 0 Å². The highest BCUT2D eigenvalue weighted by atomic mass is 19.4. The average molecular weight is 332 g/mol. The molecule has 0 spiro atoms. The van der Waals surface area contributed by atoms with E-state index in [1.54, 1.807) is 0 Å². The lowest BCUT2D eigenvalue weighted by Gasteiger charge is -2.23. The summed E-state index contributed by atoms with van der Waals surface area (Å²) in [5.74, 6) is -1.04. The predicted octanol–water partition coefficient (Wildman–Crippen LogP) is 3.22. The number of nitrogens with zero attached hydrogens (tertiary/aromatic N) is 2. The number of aryl methyl sites for hydroxylation is 1. The molecular weight excluding hydrogens is 317 g/mol. The van der Waals surface area contributed by atoms with Crippen molar-refractivity contribution in [3.05, 3.63) is 33.4 Å². The van der Waals surface area contributed by atoms with Crippen LogP contribution in [0.5, 0.6) is 0 Å². The number of alkyl halides is 3. The zero-order chi connectivity index (χ0) is 17.6. The van der Waals surface area contributed by atoms with Gasteiger partial charge in [-0.25, -0.2) is 0 Å². The SMILES string of the molecule is Cc1cc(N2CCC(C)(C(=O)O)C2)c([N+](=O)[O-])cc1C(F)(F)F. The van der Waals surface area contributed by atoms with Crippen molar-refractivity contribution >= 4 is 17.3 Å². The Labute approximate surface area is 129 Å². The molecule has 0 amide bonds. The lowest BCUT2D eigenvalue weighted by Crippen LogP contribution is -2.32. The number of carboxylic acids is 1. The van der Waals surface area contributed by atoms with Gasteiger partial charge in [-0.2, -0.15) is 13.2 Å². The topological polar surface area (TPSA) is 83.7 Å². The molecule has 2 rings (SSSR count). The van der Waals surface area contributed by atoms with E-state index in [1.165, 1.54) is 18.7 Å². The maximum atomic E-state index is 12.9. The first kappa shape index (κ1) is 17.0. The number of benzene rings is 1. The highest BCUT2D eigenvalue weighted by Crippen LogP contribution is 2.42. The van der Waals surface area contributed by atoms with Gasteiger partial charge in [0, 0.05) is 19.2 Å². The lowest BCUT2D eigenvalue weighted by atomic mass is 9.90. The third kappa shape index (κ3) is 3.08. The van der Waals surface area contributed by atoms with Gasteiger partial charge in [0.2, 0.25) is 0 Å². The number of anilines is 1. The minimum atomic E-state index is -4.69. The molecular formula is C14H15F3N2O4. The number of carbonyl (C=O) groups is 1. The van der Waals surface area contributed by atoms with Crippen LogP contribution < -0.4 is 4.90 Å². The first-order valence-corrected chi connectivity index (χ1v) is 6.80. The van der Waals surface area contributed by atoms with E-state index in [1.807, 2.05) is 0 Å². The Morgan fingerprint density at radius 3 is 2.48 bits per heavy atom. The molecule has 23 heavy (non-hydrogen) atoms. The van der Waals surface area contributed by atoms with Gasteiger partial charge in [0.15, 0.2) is 0 Å². The molecule has 1 unspecified atom stereocenters. The first-order valence-electron chi connectivity index (χ1n) is 6.80. The second-order valence-corrected chi connectivity index (χ2v) is 5.95. The van der Waals surface area contributed by atoms with E-state index in [0.717, 1.165) is 6.07 Å². The van der Waals surface area contributed by atoms with Gasteiger partial charge < -0.3 is 10.0 Å². The van der Waals surface area contributed by atoms with E-state index in [-0.39, 0.29) is 30.8 Å². The molecule has 1 aliphatic heterocycles. The molecule has 0 aromatic heterocycles. The molecule has 1 aliphatic rings. The number of carboxylic acid groups (broad SMARTS) is 1. The first-order chi connectivity index (χ1) is 10.5.